The minimum Gasteiger partial charge on any atom is -0.383 e. The maximum atomic E-state index is 12.6. The number of anilines is 1. The number of carbonyl (C=O) groups excluding carboxylic acids is 1. The van der Waals surface area contributed by atoms with Crippen LogP contribution in [0.1, 0.15) is 22.8 Å². The molecule has 1 amide bonds. The summed E-state index contributed by atoms with van der Waals surface area (Å²) < 4.78 is 7.34. The Kier molecular flexibility index (Phi) is 6.74. The van der Waals surface area contributed by atoms with Crippen molar-refractivity contribution in [2.45, 2.75) is 19.6 Å². The topological polar surface area (TPSA) is 95.1 Å². The third-order valence-electron chi connectivity index (χ3n) is 4.20. The number of nitrogens with zero attached hydrogens (tertiary/aromatic N) is 3. The Morgan fingerprint density at radius 2 is 2.03 bits per heavy atom. The van der Waals surface area contributed by atoms with Gasteiger partial charge < -0.3 is 15.8 Å². The van der Waals surface area contributed by atoms with Crippen LogP contribution in [0.25, 0.3) is 11.1 Å². The van der Waals surface area contributed by atoms with E-state index in [2.05, 4.69) is 15.4 Å². The zero-order valence-electron chi connectivity index (χ0n) is 16.0. The normalized spacial score (nSPS) is 12.0. The molecule has 152 valence electrons. The van der Waals surface area contributed by atoms with E-state index in [1.54, 1.807) is 35.3 Å². The van der Waals surface area contributed by atoms with Crippen LogP contribution in [-0.4, -0.2) is 33.3 Å². The lowest BCUT2D eigenvalue weighted by Crippen LogP contribution is -2.36. The van der Waals surface area contributed by atoms with Crippen LogP contribution in [0.15, 0.2) is 42.9 Å². The van der Waals surface area contributed by atoms with Crippen LogP contribution in [0.5, 0.6) is 0 Å². The summed E-state index contributed by atoms with van der Waals surface area (Å²) in [7, 11) is 1.82. The summed E-state index contributed by atoms with van der Waals surface area (Å²) in [5.74, 6) is -0.148. The van der Waals surface area contributed by atoms with Gasteiger partial charge in [0.2, 0.25) is 0 Å². The average molecular weight is 434 g/mol. The fraction of sp³-hybridized carbons (Fsp3) is 0.250. The van der Waals surface area contributed by atoms with Crippen LogP contribution >= 0.6 is 23.2 Å². The van der Waals surface area contributed by atoms with Crippen molar-refractivity contribution in [1.29, 1.82) is 0 Å². The van der Waals surface area contributed by atoms with Crippen molar-refractivity contribution in [1.82, 2.24) is 20.1 Å². The van der Waals surface area contributed by atoms with E-state index in [0.29, 0.717) is 28.8 Å². The Morgan fingerprint density at radius 3 is 2.72 bits per heavy atom. The number of pyridine rings is 1. The molecule has 0 bridgehead atoms. The third kappa shape index (κ3) is 5.47. The highest BCUT2D eigenvalue weighted by Crippen LogP contribution is 2.23. The van der Waals surface area contributed by atoms with E-state index in [9.17, 15) is 4.79 Å². The lowest BCUT2D eigenvalue weighted by molar-refractivity contribution is 0.0821. The van der Waals surface area contributed by atoms with E-state index in [0.717, 1.165) is 16.7 Å². The predicted molar refractivity (Wildman–Crippen MR) is 114 cm³/mol. The summed E-state index contributed by atoms with van der Waals surface area (Å²) >= 11 is 11.9. The van der Waals surface area contributed by atoms with Crippen LogP contribution in [0, 0.1) is 0 Å². The Morgan fingerprint density at radius 1 is 1.24 bits per heavy atom. The molecule has 1 aromatic carbocycles. The molecule has 0 fully saturated rings. The number of carbonyl (C=O) groups is 1. The molecule has 3 rings (SSSR count). The minimum atomic E-state index is -0.314. The molecule has 0 aliphatic carbocycles. The fourth-order valence-electron chi connectivity index (χ4n) is 2.71. The van der Waals surface area contributed by atoms with Crippen molar-refractivity contribution >= 4 is 34.9 Å². The van der Waals surface area contributed by atoms with Gasteiger partial charge in [0.25, 0.3) is 5.91 Å². The molecule has 0 aliphatic heterocycles. The van der Waals surface area contributed by atoms with Gasteiger partial charge in [-0.05, 0) is 30.7 Å². The van der Waals surface area contributed by atoms with Gasteiger partial charge in [0.05, 0.1) is 35.0 Å². The van der Waals surface area contributed by atoms with Gasteiger partial charge in [-0.2, -0.15) is 5.10 Å². The first-order chi connectivity index (χ1) is 13.8. The molecule has 0 radical (unpaired) electrons. The molecule has 3 aromatic rings. The third-order valence-corrected chi connectivity index (χ3v) is 4.94. The van der Waals surface area contributed by atoms with E-state index in [4.69, 9.17) is 33.7 Å². The number of aryl methyl sites for hydroxylation is 1. The van der Waals surface area contributed by atoms with Gasteiger partial charge in [-0.1, -0.05) is 29.3 Å². The van der Waals surface area contributed by atoms with E-state index >= 15 is 0 Å². The van der Waals surface area contributed by atoms with Crippen LogP contribution in [0.2, 0.25) is 10.0 Å². The zero-order chi connectivity index (χ0) is 21.0. The first kappa shape index (κ1) is 21.1. The summed E-state index contributed by atoms with van der Waals surface area (Å²) in [6, 6.07) is 6.79. The molecule has 9 heteroatoms. The second-order valence-electron chi connectivity index (χ2n) is 6.70. The van der Waals surface area contributed by atoms with Crippen molar-refractivity contribution in [2.24, 2.45) is 7.05 Å². The largest absolute Gasteiger partial charge is 0.383 e. The molecule has 29 heavy (non-hydrogen) atoms. The van der Waals surface area contributed by atoms with E-state index in [1.807, 2.05) is 26.2 Å². The molecule has 0 spiro atoms. The first-order valence-corrected chi connectivity index (χ1v) is 9.66. The highest BCUT2D eigenvalue weighted by Gasteiger charge is 2.16. The molecule has 0 saturated heterocycles. The van der Waals surface area contributed by atoms with Crippen molar-refractivity contribution in [3.8, 4) is 11.1 Å². The fourth-order valence-corrected chi connectivity index (χ4v) is 3.03. The molecular formula is C20H21Cl2N5O2. The summed E-state index contributed by atoms with van der Waals surface area (Å²) in [5.41, 5.74) is 8.73. The maximum Gasteiger partial charge on any atom is 0.255 e. The highest BCUT2D eigenvalue weighted by molar-refractivity contribution is 6.42. The quantitative estimate of drug-likeness (QED) is 0.591. The zero-order valence-corrected chi connectivity index (χ0v) is 17.5. The summed E-state index contributed by atoms with van der Waals surface area (Å²) in [6.07, 6.45) is 5.16. The van der Waals surface area contributed by atoms with Gasteiger partial charge in [0.15, 0.2) is 0 Å². The Balaban J connectivity index is 1.58. The second-order valence-corrected chi connectivity index (χ2v) is 7.51. The number of ether oxygens (including phenoxy) is 1. The number of hydrogen-bond donors (Lipinski definition) is 2. The molecule has 0 saturated carbocycles. The van der Waals surface area contributed by atoms with Gasteiger partial charge in [-0.3, -0.25) is 9.48 Å². The minimum absolute atomic E-state index is 0.166. The van der Waals surface area contributed by atoms with Crippen LogP contribution < -0.4 is 11.1 Å². The van der Waals surface area contributed by atoms with Gasteiger partial charge in [-0.25, -0.2) is 4.98 Å². The number of halogens is 2. The Bertz CT molecular complexity index is 1020. The second kappa shape index (κ2) is 9.26. The highest BCUT2D eigenvalue weighted by atomic mass is 35.5. The number of benzene rings is 1. The number of nitrogen functional groups attached to an aromatic ring is 1. The van der Waals surface area contributed by atoms with Gasteiger partial charge >= 0.3 is 0 Å². The number of hydrogen-bond acceptors (Lipinski definition) is 5. The molecule has 2 aromatic heterocycles. The number of aromatic nitrogens is 3. The van der Waals surface area contributed by atoms with Crippen molar-refractivity contribution in [3.05, 3.63) is 64.0 Å². The SMILES string of the molecule is CC(COCc1ccc(Cl)c(Cl)c1)NC(=O)c1cc(-c2cnn(C)c2)cnc1N. The average Bonchev–Trinajstić information content (AvgIpc) is 3.11. The van der Waals surface area contributed by atoms with Crippen molar-refractivity contribution < 1.29 is 9.53 Å². The number of nitrogens with one attached hydrogen (secondary N) is 1. The standard InChI is InChI=1S/C20H21Cl2N5O2/c1-12(10-29-11-13-3-4-17(21)18(22)5-13)26-20(28)16-6-14(7-24-19(16)23)15-8-25-27(2)9-15/h3-9,12H,10-11H2,1-2H3,(H2,23,24)(H,26,28). The number of amides is 1. The van der Waals surface area contributed by atoms with E-state index in [-0.39, 0.29) is 17.8 Å². The molecule has 7 nitrogen and oxygen atoms in total. The molecule has 1 atom stereocenters. The van der Waals surface area contributed by atoms with Crippen LogP contribution in [0.3, 0.4) is 0 Å². The molecule has 1 unspecified atom stereocenters. The number of rotatable bonds is 7. The smallest absolute Gasteiger partial charge is 0.255 e. The van der Waals surface area contributed by atoms with Gasteiger partial charge in [0, 0.05) is 36.6 Å². The lowest BCUT2D eigenvalue weighted by atomic mass is 10.1. The molecule has 0 aliphatic rings. The Hall–Kier alpha value is -2.61. The lowest BCUT2D eigenvalue weighted by Gasteiger charge is -2.15. The first-order valence-electron chi connectivity index (χ1n) is 8.90. The van der Waals surface area contributed by atoms with E-state index in [1.165, 1.54) is 0 Å². The Labute approximate surface area is 178 Å². The van der Waals surface area contributed by atoms with Gasteiger partial charge in [0.1, 0.15) is 5.82 Å². The summed E-state index contributed by atoms with van der Waals surface area (Å²) in [4.78, 5) is 16.8. The van der Waals surface area contributed by atoms with E-state index < -0.39 is 0 Å². The van der Waals surface area contributed by atoms with Crippen LogP contribution in [-0.2, 0) is 18.4 Å². The van der Waals surface area contributed by atoms with Crippen molar-refractivity contribution in [3.63, 3.8) is 0 Å². The van der Waals surface area contributed by atoms with Crippen molar-refractivity contribution in [2.75, 3.05) is 12.3 Å². The maximum absolute atomic E-state index is 12.6. The molecular weight excluding hydrogens is 413 g/mol. The molecule has 2 heterocycles. The van der Waals surface area contributed by atoms with Crippen LogP contribution in [0.4, 0.5) is 5.82 Å². The summed E-state index contributed by atoms with van der Waals surface area (Å²) in [6.45, 7) is 2.53. The number of nitrogens with two attached hydrogens (primary N) is 1. The monoisotopic (exact) mass is 433 g/mol. The van der Waals surface area contributed by atoms with Gasteiger partial charge in [-0.15, -0.1) is 0 Å². The molecule has 3 N–H and O–H groups in total. The predicted octanol–water partition coefficient (Wildman–Crippen LogP) is 3.71. The summed E-state index contributed by atoms with van der Waals surface area (Å²) in [5, 5.41) is 7.98.